The Morgan fingerprint density at radius 1 is 0.818 bits per heavy atom. The van der Waals surface area contributed by atoms with Crippen molar-refractivity contribution in [3.63, 3.8) is 0 Å². The van der Waals surface area contributed by atoms with Crippen LogP contribution in [0.3, 0.4) is 0 Å². The lowest BCUT2D eigenvalue weighted by molar-refractivity contribution is -0.129. The number of rotatable bonds is 10. The zero-order chi connectivity index (χ0) is 17.2. The molecule has 0 saturated heterocycles. The van der Waals surface area contributed by atoms with Gasteiger partial charge in [-0.25, -0.2) is 11.7 Å². The molecule has 0 aromatic heterocycles. The zero-order valence-electron chi connectivity index (χ0n) is 14.1. The summed E-state index contributed by atoms with van der Waals surface area (Å²) < 4.78 is 0. The van der Waals surface area contributed by atoms with Gasteiger partial charge in [0.05, 0.1) is 0 Å². The van der Waals surface area contributed by atoms with Crippen LogP contribution in [-0.4, -0.2) is 22.9 Å². The van der Waals surface area contributed by atoms with Crippen molar-refractivity contribution >= 4 is 11.8 Å². The molecule has 2 atom stereocenters. The van der Waals surface area contributed by atoms with Gasteiger partial charge in [0.25, 0.3) is 11.8 Å². The minimum Gasteiger partial charge on any atom is -0.292 e. The second-order valence-corrected chi connectivity index (χ2v) is 5.42. The molecule has 2 unspecified atom stereocenters. The molecule has 0 spiro atoms. The lowest BCUT2D eigenvalue weighted by Crippen LogP contribution is -2.50. The fourth-order valence-corrected chi connectivity index (χ4v) is 2.52. The molecule has 0 aliphatic carbocycles. The molecule has 0 fully saturated rings. The van der Waals surface area contributed by atoms with Crippen LogP contribution < -0.4 is 22.5 Å². The van der Waals surface area contributed by atoms with Crippen molar-refractivity contribution in [1.29, 1.82) is 0 Å². The first kappa shape index (κ1) is 20.5. The van der Waals surface area contributed by atoms with E-state index in [1.807, 2.05) is 27.7 Å². The monoisotopic (exact) mass is 314 g/mol. The summed E-state index contributed by atoms with van der Waals surface area (Å²) in [4.78, 5) is 24.3. The summed E-state index contributed by atoms with van der Waals surface area (Å²) in [5.41, 5.74) is 2.21. The molecule has 0 aromatic carbocycles. The predicted octanol–water partition coefficient (Wildman–Crippen LogP) is 1.32. The van der Waals surface area contributed by atoms with Gasteiger partial charge in [0.2, 0.25) is 0 Å². The van der Waals surface area contributed by atoms with E-state index in [0.29, 0.717) is 25.7 Å². The molecule has 8 heteroatoms. The Hall–Kier alpha value is -1.54. The van der Waals surface area contributed by atoms with Gasteiger partial charge in [-0.2, -0.15) is 10.2 Å². The van der Waals surface area contributed by atoms with Gasteiger partial charge in [0.15, 0.2) is 11.1 Å². The Kier molecular flexibility index (Phi) is 8.81. The second kappa shape index (κ2) is 9.47. The molecular weight excluding hydrogens is 284 g/mol. The Bertz CT molecular complexity index is 365. The largest absolute Gasteiger partial charge is 0.292 e. The van der Waals surface area contributed by atoms with Gasteiger partial charge in [-0.05, 0) is 25.7 Å². The maximum absolute atomic E-state index is 12.1. The number of hydrogen-bond acceptors (Lipinski definition) is 6. The number of nitrogens with two attached hydrogens (primary N) is 2. The average Bonchev–Trinajstić information content (AvgIpc) is 2.55. The van der Waals surface area contributed by atoms with E-state index in [1.165, 1.54) is 0 Å². The molecule has 0 rings (SSSR count). The SMILES string of the molecule is CCCC(CC)(N=NC(CC)(CCC)C(=O)NN)C(=O)NN. The van der Waals surface area contributed by atoms with Crippen molar-refractivity contribution in [1.82, 2.24) is 10.9 Å². The van der Waals surface area contributed by atoms with Crippen molar-refractivity contribution in [3.8, 4) is 0 Å². The van der Waals surface area contributed by atoms with Crippen LogP contribution in [0.25, 0.3) is 0 Å². The van der Waals surface area contributed by atoms with E-state index in [1.54, 1.807) is 0 Å². The van der Waals surface area contributed by atoms with Gasteiger partial charge in [0.1, 0.15) is 0 Å². The molecule has 0 heterocycles. The van der Waals surface area contributed by atoms with Crippen LogP contribution in [0.5, 0.6) is 0 Å². The van der Waals surface area contributed by atoms with Gasteiger partial charge in [-0.3, -0.25) is 20.4 Å². The minimum atomic E-state index is -1.05. The van der Waals surface area contributed by atoms with Crippen molar-refractivity contribution in [3.05, 3.63) is 0 Å². The lowest BCUT2D eigenvalue weighted by Gasteiger charge is -2.29. The number of carbonyl (C=O) groups is 2. The first-order chi connectivity index (χ1) is 10.4. The van der Waals surface area contributed by atoms with E-state index in [0.717, 1.165) is 12.8 Å². The van der Waals surface area contributed by atoms with Crippen molar-refractivity contribution in [2.24, 2.45) is 21.9 Å². The third-order valence-electron chi connectivity index (χ3n) is 4.04. The predicted molar refractivity (Wildman–Crippen MR) is 85.4 cm³/mol. The number of amides is 2. The summed E-state index contributed by atoms with van der Waals surface area (Å²) in [5.74, 6) is 9.77. The molecule has 0 aliphatic heterocycles. The molecule has 6 N–H and O–H groups in total. The fourth-order valence-electron chi connectivity index (χ4n) is 2.52. The van der Waals surface area contributed by atoms with Crippen LogP contribution in [0.2, 0.25) is 0 Å². The maximum atomic E-state index is 12.1. The lowest BCUT2D eigenvalue weighted by atomic mass is 9.89. The Morgan fingerprint density at radius 2 is 1.14 bits per heavy atom. The van der Waals surface area contributed by atoms with Crippen LogP contribution in [-0.2, 0) is 9.59 Å². The van der Waals surface area contributed by atoms with E-state index in [-0.39, 0.29) is 0 Å². The Morgan fingerprint density at radius 3 is 1.32 bits per heavy atom. The first-order valence-electron chi connectivity index (χ1n) is 7.88. The molecule has 0 bridgehead atoms. The smallest absolute Gasteiger partial charge is 0.263 e. The highest BCUT2D eigenvalue weighted by Crippen LogP contribution is 2.29. The van der Waals surface area contributed by atoms with Crippen molar-refractivity contribution in [2.75, 3.05) is 0 Å². The van der Waals surface area contributed by atoms with Crippen LogP contribution >= 0.6 is 0 Å². The molecule has 0 aromatic rings. The van der Waals surface area contributed by atoms with Crippen molar-refractivity contribution < 1.29 is 9.59 Å². The van der Waals surface area contributed by atoms with Gasteiger partial charge in [-0.15, -0.1) is 0 Å². The Labute approximate surface area is 132 Å². The minimum absolute atomic E-state index is 0.393. The van der Waals surface area contributed by atoms with Crippen LogP contribution in [0.4, 0.5) is 0 Å². The molecule has 0 aliphatic rings. The molecule has 2 amide bonds. The number of hydrogen-bond donors (Lipinski definition) is 4. The van der Waals surface area contributed by atoms with Gasteiger partial charge in [-0.1, -0.05) is 40.5 Å². The standard InChI is InChI=1S/C14H30N6O2/c1-5-9-13(7-3,11(21)17-15)19-20-14(8-4,10-6-2)12(22)18-16/h5-10,15-16H2,1-4H3,(H,17,21)(H,18,22). The van der Waals surface area contributed by atoms with Crippen molar-refractivity contribution in [2.45, 2.75) is 77.3 Å². The highest BCUT2D eigenvalue weighted by atomic mass is 16.2. The highest BCUT2D eigenvalue weighted by molar-refractivity contribution is 5.87. The van der Waals surface area contributed by atoms with Crippen LogP contribution in [0.1, 0.15) is 66.2 Å². The number of azo groups is 1. The normalized spacial score (nSPS) is 16.8. The summed E-state index contributed by atoms with van der Waals surface area (Å²) in [7, 11) is 0. The zero-order valence-corrected chi connectivity index (χ0v) is 14.1. The molecule has 0 radical (unpaired) electrons. The van der Waals surface area contributed by atoms with Crippen LogP contribution in [0.15, 0.2) is 10.2 Å². The van der Waals surface area contributed by atoms with E-state index in [2.05, 4.69) is 21.1 Å². The quantitative estimate of drug-likeness (QED) is 0.209. The number of hydrazine groups is 2. The first-order valence-corrected chi connectivity index (χ1v) is 7.88. The molecule has 0 saturated carbocycles. The second-order valence-electron chi connectivity index (χ2n) is 5.42. The summed E-state index contributed by atoms with van der Waals surface area (Å²) >= 11 is 0. The topological polar surface area (TPSA) is 135 Å². The third-order valence-corrected chi connectivity index (χ3v) is 4.04. The van der Waals surface area contributed by atoms with E-state index >= 15 is 0 Å². The number of carbonyl (C=O) groups excluding carboxylic acids is 2. The van der Waals surface area contributed by atoms with Gasteiger partial charge < -0.3 is 0 Å². The van der Waals surface area contributed by atoms with E-state index in [4.69, 9.17) is 11.7 Å². The number of nitrogens with zero attached hydrogens (tertiary/aromatic N) is 2. The molecule has 128 valence electrons. The highest BCUT2D eigenvalue weighted by Gasteiger charge is 2.40. The molecule has 8 nitrogen and oxygen atoms in total. The number of nitrogens with one attached hydrogen (secondary N) is 2. The van der Waals surface area contributed by atoms with Gasteiger partial charge in [0, 0.05) is 0 Å². The maximum Gasteiger partial charge on any atom is 0.263 e. The van der Waals surface area contributed by atoms with E-state index < -0.39 is 22.9 Å². The third kappa shape index (κ3) is 4.48. The summed E-state index contributed by atoms with van der Waals surface area (Å²) in [5, 5.41) is 8.56. The summed E-state index contributed by atoms with van der Waals surface area (Å²) in [6.45, 7) is 7.60. The summed E-state index contributed by atoms with van der Waals surface area (Å²) in [6.07, 6.45) is 3.40. The average molecular weight is 314 g/mol. The Balaban J connectivity index is 5.74. The van der Waals surface area contributed by atoms with Gasteiger partial charge >= 0.3 is 0 Å². The molecular formula is C14H30N6O2. The van der Waals surface area contributed by atoms with Crippen LogP contribution in [0, 0.1) is 0 Å². The summed E-state index contributed by atoms with van der Waals surface area (Å²) in [6, 6.07) is 0. The molecule has 22 heavy (non-hydrogen) atoms. The van der Waals surface area contributed by atoms with E-state index in [9.17, 15) is 9.59 Å². The fraction of sp³-hybridized carbons (Fsp3) is 0.857.